The van der Waals surface area contributed by atoms with E-state index in [9.17, 15) is 9.59 Å². The zero-order chi connectivity index (χ0) is 17.2. The SMILES string of the molecule is CCOC(=O)N(CC)CCCC(C)OC(=O)c1cccc(Cl)c1. The van der Waals surface area contributed by atoms with Crippen molar-refractivity contribution in [3.8, 4) is 0 Å². The summed E-state index contributed by atoms with van der Waals surface area (Å²) >= 11 is 5.86. The third-order valence-corrected chi connectivity index (χ3v) is 3.55. The minimum Gasteiger partial charge on any atom is -0.459 e. The van der Waals surface area contributed by atoms with Gasteiger partial charge in [0.1, 0.15) is 0 Å². The second-order valence-electron chi connectivity index (χ2n) is 5.15. The van der Waals surface area contributed by atoms with Crippen LogP contribution in [0.4, 0.5) is 4.79 Å². The number of nitrogens with zero attached hydrogens (tertiary/aromatic N) is 1. The van der Waals surface area contributed by atoms with Gasteiger partial charge < -0.3 is 14.4 Å². The van der Waals surface area contributed by atoms with Crippen LogP contribution in [0.5, 0.6) is 0 Å². The summed E-state index contributed by atoms with van der Waals surface area (Å²) in [6, 6.07) is 6.66. The average molecular weight is 342 g/mol. The molecule has 0 radical (unpaired) electrons. The summed E-state index contributed by atoms with van der Waals surface area (Å²) < 4.78 is 10.4. The van der Waals surface area contributed by atoms with E-state index in [0.717, 1.165) is 6.42 Å². The summed E-state index contributed by atoms with van der Waals surface area (Å²) in [7, 11) is 0. The molecule has 0 spiro atoms. The summed E-state index contributed by atoms with van der Waals surface area (Å²) in [6.07, 6.45) is 0.861. The highest BCUT2D eigenvalue weighted by molar-refractivity contribution is 6.30. The van der Waals surface area contributed by atoms with Crippen molar-refractivity contribution >= 4 is 23.7 Å². The van der Waals surface area contributed by atoms with Crippen LogP contribution in [-0.4, -0.2) is 42.8 Å². The van der Waals surface area contributed by atoms with Crippen LogP contribution in [0.2, 0.25) is 5.02 Å². The molecule has 23 heavy (non-hydrogen) atoms. The van der Waals surface area contributed by atoms with Gasteiger partial charge in [0.05, 0.1) is 18.3 Å². The molecule has 0 N–H and O–H groups in total. The molecule has 0 aliphatic carbocycles. The van der Waals surface area contributed by atoms with Crippen molar-refractivity contribution in [2.24, 2.45) is 0 Å². The fraction of sp³-hybridized carbons (Fsp3) is 0.529. The second kappa shape index (κ2) is 10.1. The predicted octanol–water partition coefficient (Wildman–Crippen LogP) is 4.14. The summed E-state index contributed by atoms with van der Waals surface area (Å²) in [5.74, 6) is -0.391. The molecular formula is C17H24ClNO4. The van der Waals surface area contributed by atoms with Crippen LogP contribution < -0.4 is 0 Å². The zero-order valence-electron chi connectivity index (χ0n) is 13.9. The Bertz CT molecular complexity index is 521. The molecule has 0 aliphatic heterocycles. The van der Waals surface area contributed by atoms with Crippen molar-refractivity contribution in [2.75, 3.05) is 19.7 Å². The van der Waals surface area contributed by atoms with Gasteiger partial charge in [0.15, 0.2) is 0 Å². The fourth-order valence-electron chi connectivity index (χ4n) is 2.09. The van der Waals surface area contributed by atoms with Crippen molar-refractivity contribution in [3.63, 3.8) is 0 Å². The standard InChI is InChI=1S/C17H24ClNO4/c1-4-19(17(21)22-5-2)11-7-8-13(3)23-16(20)14-9-6-10-15(18)12-14/h6,9-10,12-13H,4-5,7-8,11H2,1-3H3. The smallest absolute Gasteiger partial charge is 0.409 e. The Balaban J connectivity index is 2.37. The normalized spacial score (nSPS) is 11.7. The van der Waals surface area contributed by atoms with Crippen LogP contribution in [0.15, 0.2) is 24.3 Å². The lowest BCUT2D eigenvalue weighted by molar-refractivity contribution is 0.0312. The zero-order valence-corrected chi connectivity index (χ0v) is 14.6. The van der Waals surface area contributed by atoms with Gasteiger partial charge >= 0.3 is 12.1 Å². The molecule has 0 saturated carbocycles. The molecule has 128 valence electrons. The first-order valence-corrected chi connectivity index (χ1v) is 8.24. The second-order valence-corrected chi connectivity index (χ2v) is 5.58. The van der Waals surface area contributed by atoms with E-state index in [1.54, 1.807) is 36.1 Å². The molecule has 0 fully saturated rings. The van der Waals surface area contributed by atoms with Gasteiger partial charge in [-0.2, -0.15) is 0 Å². The van der Waals surface area contributed by atoms with E-state index in [4.69, 9.17) is 21.1 Å². The molecule has 0 bridgehead atoms. The van der Waals surface area contributed by atoms with Gasteiger partial charge in [-0.25, -0.2) is 9.59 Å². The summed E-state index contributed by atoms with van der Waals surface area (Å²) in [5.41, 5.74) is 0.436. The summed E-state index contributed by atoms with van der Waals surface area (Å²) in [6.45, 7) is 7.05. The van der Waals surface area contributed by atoms with Gasteiger partial charge in [-0.3, -0.25) is 0 Å². The number of hydrogen-bond donors (Lipinski definition) is 0. The molecule has 0 saturated heterocycles. The average Bonchev–Trinajstić information content (AvgIpc) is 2.51. The van der Waals surface area contributed by atoms with Crippen LogP contribution in [0.3, 0.4) is 0 Å². The van der Waals surface area contributed by atoms with E-state index < -0.39 is 5.97 Å². The van der Waals surface area contributed by atoms with Gasteiger partial charge in [-0.05, 0) is 51.8 Å². The minimum absolute atomic E-state index is 0.234. The van der Waals surface area contributed by atoms with Gasteiger partial charge in [0.25, 0.3) is 0 Å². The Morgan fingerprint density at radius 3 is 2.65 bits per heavy atom. The first-order valence-electron chi connectivity index (χ1n) is 7.86. The third kappa shape index (κ3) is 6.91. The van der Waals surface area contributed by atoms with E-state index in [1.165, 1.54) is 0 Å². The van der Waals surface area contributed by atoms with E-state index in [1.807, 2.05) is 13.8 Å². The molecule has 1 atom stereocenters. The Labute approximate surface area is 142 Å². The lowest BCUT2D eigenvalue weighted by atomic mass is 10.2. The lowest BCUT2D eigenvalue weighted by Gasteiger charge is -2.21. The maximum atomic E-state index is 12.0. The Kier molecular flexibility index (Phi) is 8.48. The maximum absolute atomic E-state index is 12.0. The molecule has 1 aromatic rings. The quantitative estimate of drug-likeness (QED) is 0.667. The van der Waals surface area contributed by atoms with Gasteiger partial charge in [0, 0.05) is 18.1 Å². The molecule has 1 unspecified atom stereocenters. The molecule has 1 rings (SSSR count). The first-order chi connectivity index (χ1) is 11.0. The lowest BCUT2D eigenvalue weighted by Crippen LogP contribution is -2.32. The van der Waals surface area contributed by atoms with E-state index in [-0.39, 0.29) is 12.2 Å². The maximum Gasteiger partial charge on any atom is 0.409 e. The fourth-order valence-corrected chi connectivity index (χ4v) is 2.28. The Morgan fingerprint density at radius 1 is 1.30 bits per heavy atom. The summed E-state index contributed by atoms with van der Waals surface area (Å²) in [4.78, 5) is 25.3. The van der Waals surface area contributed by atoms with Crippen LogP contribution in [-0.2, 0) is 9.47 Å². The predicted molar refractivity (Wildman–Crippen MR) is 89.8 cm³/mol. The Morgan fingerprint density at radius 2 is 2.04 bits per heavy atom. The number of rotatable bonds is 8. The number of amides is 1. The molecule has 5 nitrogen and oxygen atoms in total. The summed E-state index contributed by atoms with van der Waals surface area (Å²) in [5, 5.41) is 0.500. The third-order valence-electron chi connectivity index (χ3n) is 3.31. The van der Waals surface area contributed by atoms with E-state index in [0.29, 0.717) is 36.7 Å². The van der Waals surface area contributed by atoms with Gasteiger partial charge in [0.2, 0.25) is 0 Å². The van der Waals surface area contributed by atoms with Crippen molar-refractivity contribution in [2.45, 2.75) is 39.7 Å². The molecule has 0 aromatic heterocycles. The number of hydrogen-bond acceptors (Lipinski definition) is 4. The first kappa shape index (κ1) is 19.3. The van der Waals surface area contributed by atoms with Crippen LogP contribution in [0.25, 0.3) is 0 Å². The number of esters is 1. The number of ether oxygens (including phenoxy) is 2. The van der Waals surface area contributed by atoms with Crippen molar-refractivity contribution < 1.29 is 19.1 Å². The number of benzene rings is 1. The molecule has 6 heteroatoms. The van der Waals surface area contributed by atoms with Crippen molar-refractivity contribution in [3.05, 3.63) is 34.9 Å². The van der Waals surface area contributed by atoms with E-state index in [2.05, 4.69) is 0 Å². The monoisotopic (exact) mass is 341 g/mol. The number of carbonyl (C=O) groups excluding carboxylic acids is 2. The Hall–Kier alpha value is -1.75. The van der Waals surface area contributed by atoms with E-state index >= 15 is 0 Å². The molecule has 1 amide bonds. The van der Waals surface area contributed by atoms with Crippen molar-refractivity contribution in [1.29, 1.82) is 0 Å². The van der Waals surface area contributed by atoms with Crippen LogP contribution >= 0.6 is 11.6 Å². The van der Waals surface area contributed by atoms with Crippen molar-refractivity contribution in [1.82, 2.24) is 4.90 Å². The molecule has 0 aliphatic rings. The highest BCUT2D eigenvalue weighted by Crippen LogP contribution is 2.13. The minimum atomic E-state index is -0.391. The molecule has 0 heterocycles. The topological polar surface area (TPSA) is 55.8 Å². The van der Waals surface area contributed by atoms with Gasteiger partial charge in [-0.15, -0.1) is 0 Å². The molecular weight excluding hydrogens is 318 g/mol. The van der Waals surface area contributed by atoms with Gasteiger partial charge in [-0.1, -0.05) is 17.7 Å². The van der Waals surface area contributed by atoms with Crippen LogP contribution in [0, 0.1) is 0 Å². The number of carbonyl (C=O) groups is 2. The molecule has 1 aromatic carbocycles. The largest absolute Gasteiger partial charge is 0.459 e. The highest BCUT2D eigenvalue weighted by Gasteiger charge is 2.15. The number of halogens is 1. The van der Waals surface area contributed by atoms with Crippen LogP contribution in [0.1, 0.15) is 44.0 Å². The highest BCUT2D eigenvalue weighted by atomic mass is 35.5.